The molecule has 0 radical (unpaired) electrons. The first-order valence-electron chi connectivity index (χ1n) is 6.00. The number of hydrogen-bond acceptors (Lipinski definition) is 1. The summed E-state index contributed by atoms with van der Waals surface area (Å²) in [4.78, 5) is 0. The van der Waals surface area contributed by atoms with E-state index in [4.69, 9.17) is 0 Å². The number of nitrogens with one attached hydrogen (secondary N) is 1. The van der Waals surface area contributed by atoms with Crippen LogP contribution < -0.4 is 5.32 Å². The minimum Gasteiger partial charge on any atom is -0.314 e. The Hall–Kier alpha value is -0.550. The van der Waals surface area contributed by atoms with Crippen LogP contribution in [-0.2, 0) is 0 Å². The third kappa shape index (κ3) is 3.72. The molecule has 0 heterocycles. The quantitative estimate of drug-likeness (QED) is 0.874. The minimum atomic E-state index is -4.06. The number of hydrogen-bond donors (Lipinski definition) is 1. The van der Waals surface area contributed by atoms with Gasteiger partial charge in [0.25, 0.3) is 0 Å². The van der Waals surface area contributed by atoms with Gasteiger partial charge in [-0.1, -0.05) is 34.1 Å². The van der Waals surface area contributed by atoms with E-state index < -0.39 is 12.6 Å². The third-order valence-corrected chi connectivity index (χ3v) is 4.05. The lowest BCUT2D eigenvalue weighted by Gasteiger charge is -2.37. The van der Waals surface area contributed by atoms with E-state index in [0.717, 1.165) is 17.3 Å². The number of alkyl halides is 3. The average Bonchev–Trinajstić information content (AvgIpc) is 2.21. The molecule has 1 N–H and O–H groups in total. The summed E-state index contributed by atoms with van der Waals surface area (Å²) in [6, 6.07) is 8.25. The van der Waals surface area contributed by atoms with Crippen LogP contribution in [-0.4, -0.2) is 18.8 Å². The Morgan fingerprint density at radius 1 is 1.22 bits per heavy atom. The SMILES string of the molecule is FC(F)(F)CCNC1CC(c2ccccc2Br)C1. The van der Waals surface area contributed by atoms with Gasteiger partial charge in [-0.3, -0.25) is 0 Å². The Bertz CT molecular complexity index is 399. The standard InChI is InChI=1S/C13H15BrF3N/c14-12-4-2-1-3-11(12)9-7-10(8-9)18-6-5-13(15,16)17/h1-4,9-10,18H,5-8H2. The van der Waals surface area contributed by atoms with Crippen molar-refractivity contribution in [2.45, 2.75) is 37.4 Å². The van der Waals surface area contributed by atoms with Crippen molar-refractivity contribution in [3.8, 4) is 0 Å². The van der Waals surface area contributed by atoms with E-state index in [1.54, 1.807) is 0 Å². The van der Waals surface area contributed by atoms with Crippen molar-refractivity contribution in [3.63, 3.8) is 0 Å². The van der Waals surface area contributed by atoms with Crippen LogP contribution in [0.5, 0.6) is 0 Å². The second-order valence-corrected chi connectivity index (χ2v) is 5.56. The van der Waals surface area contributed by atoms with E-state index in [1.807, 2.05) is 18.2 Å². The Morgan fingerprint density at radius 3 is 2.50 bits per heavy atom. The van der Waals surface area contributed by atoms with Crippen molar-refractivity contribution in [3.05, 3.63) is 34.3 Å². The van der Waals surface area contributed by atoms with Crippen LogP contribution in [0.15, 0.2) is 28.7 Å². The van der Waals surface area contributed by atoms with Crippen molar-refractivity contribution in [2.75, 3.05) is 6.54 Å². The molecule has 0 spiro atoms. The molecule has 0 unspecified atom stereocenters. The topological polar surface area (TPSA) is 12.0 Å². The molecule has 1 aromatic carbocycles. The highest BCUT2D eigenvalue weighted by Crippen LogP contribution is 2.40. The highest BCUT2D eigenvalue weighted by Gasteiger charge is 2.32. The third-order valence-electron chi connectivity index (χ3n) is 3.32. The molecule has 1 aromatic rings. The van der Waals surface area contributed by atoms with Gasteiger partial charge in [0.1, 0.15) is 0 Å². The van der Waals surface area contributed by atoms with E-state index in [9.17, 15) is 13.2 Å². The zero-order valence-corrected chi connectivity index (χ0v) is 11.4. The van der Waals surface area contributed by atoms with E-state index >= 15 is 0 Å². The molecule has 0 amide bonds. The molecule has 0 atom stereocenters. The maximum atomic E-state index is 12.0. The molecule has 1 fully saturated rings. The van der Waals surface area contributed by atoms with Crippen molar-refractivity contribution >= 4 is 15.9 Å². The highest BCUT2D eigenvalue weighted by molar-refractivity contribution is 9.10. The monoisotopic (exact) mass is 321 g/mol. The van der Waals surface area contributed by atoms with Gasteiger partial charge in [0.05, 0.1) is 6.42 Å². The summed E-state index contributed by atoms with van der Waals surface area (Å²) in [6.07, 6.45) is -2.97. The van der Waals surface area contributed by atoms with E-state index in [1.165, 1.54) is 5.56 Å². The molecule has 1 aliphatic carbocycles. The van der Waals surface area contributed by atoms with Crippen molar-refractivity contribution < 1.29 is 13.2 Å². The molecule has 0 aromatic heterocycles. The fourth-order valence-corrected chi connectivity index (χ4v) is 2.87. The first-order valence-corrected chi connectivity index (χ1v) is 6.79. The predicted molar refractivity (Wildman–Crippen MR) is 68.6 cm³/mol. The zero-order valence-electron chi connectivity index (χ0n) is 9.80. The second-order valence-electron chi connectivity index (χ2n) is 4.71. The van der Waals surface area contributed by atoms with E-state index in [0.29, 0.717) is 5.92 Å². The lowest BCUT2D eigenvalue weighted by Crippen LogP contribution is -2.41. The van der Waals surface area contributed by atoms with Gasteiger partial charge in [0.2, 0.25) is 0 Å². The van der Waals surface area contributed by atoms with Crippen molar-refractivity contribution in [1.29, 1.82) is 0 Å². The van der Waals surface area contributed by atoms with Crippen LogP contribution >= 0.6 is 15.9 Å². The van der Waals surface area contributed by atoms with Crippen LogP contribution in [0.4, 0.5) is 13.2 Å². The highest BCUT2D eigenvalue weighted by atomic mass is 79.9. The first kappa shape index (κ1) is 13.9. The van der Waals surface area contributed by atoms with Crippen molar-refractivity contribution in [1.82, 2.24) is 5.32 Å². The molecular weight excluding hydrogens is 307 g/mol. The molecule has 0 bridgehead atoms. The summed E-state index contributed by atoms with van der Waals surface area (Å²) >= 11 is 3.50. The fourth-order valence-electron chi connectivity index (χ4n) is 2.26. The Labute approximate surface area is 113 Å². The molecule has 0 aliphatic heterocycles. The number of rotatable bonds is 4. The van der Waals surface area contributed by atoms with Crippen LogP contribution in [0.25, 0.3) is 0 Å². The number of halogens is 4. The van der Waals surface area contributed by atoms with E-state index in [2.05, 4.69) is 27.3 Å². The molecular formula is C13H15BrF3N. The lowest BCUT2D eigenvalue weighted by atomic mass is 9.76. The Balaban J connectivity index is 1.73. The maximum absolute atomic E-state index is 12.0. The number of benzene rings is 1. The summed E-state index contributed by atoms with van der Waals surface area (Å²) in [7, 11) is 0. The smallest absolute Gasteiger partial charge is 0.314 e. The summed E-state index contributed by atoms with van der Waals surface area (Å²) < 4.78 is 37.0. The summed E-state index contributed by atoms with van der Waals surface area (Å²) in [5.41, 5.74) is 1.26. The van der Waals surface area contributed by atoms with Crippen LogP contribution in [0.3, 0.4) is 0 Å². The normalized spacial score (nSPS) is 23.8. The van der Waals surface area contributed by atoms with Crippen LogP contribution in [0.2, 0.25) is 0 Å². The predicted octanol–water partition coefficient (Wildman–Crippen LogP) is 4.24. The van der Waals surface area contributed by atoms with E-state index in [-0.39, 0.29) is 12.6 Å². The molecule has 5 heteroatoms. The maximum Gasteiger partial charge on any atom is 0.390 e. The minimum absolute atomic E-state index is 0.0246. The second kappa shape index (κ2) is 5.61. The fraction of sp³-hybridized carbons (Fsp3) is 0.538. The molecule has 1 saturated carbocycles. The van der Waals surface area contributed by atoms with Crippen molar-refractivity contribution in [2.24, 2.45) is 0 Å². The van der Waals surface area contributed by atoms with Gasteiger partial charge < -0.3 is 5.32 Å². The molecule has 100 valence electrons. The van der Waals surface area contributed by atoms with Gasteiger partial charge in [0.15, 0.2) is 0 Å². The molecule has 1 nitrogen and oxygen atoms in total. The Kier molecular flexibility index (Phi) is 4.33. The van der Waals surface area contributed by atoms with Gasteiger partial charge in [-0.2, -0.15) is 13.2 Å². The van der Waals surface area contributed by atoms with Crippen LogP contribution in [0.1, 0.15) is 30.7 Å². The molecule has 0 saturated heterocycles. The van der Waals surface area contributed by atoms with Gasteiger partial charge in [-0.25, -0.2) is 0 Å². The lowest BCUT2D eigenvalue weighted by molar-refractivity contribution is -0.133. The summed E-state index contributed by atoms with van der Waals surface area (Å²) in [5, 5.41) is 2.96. The summed E-state index contributed by atoms with van der Waals surface area (Å²) in [6.45, 7) is 0.0246. The largest absolute Gasteiger partial charge is 0.390 e. The average molecular weight is 322 g/mol. The summed E-state index contributed by atoms with van der Waals surface area (Å²) in [5.74, 6) is 0.462. The van der Waals surface area contributed by atoms with Crippen LogP contribution in [0, 0.1) is 0 Å². The zero-order chi connectivity index (χ0) is 13.2. The van der Waals surface area contributed by atoms with Gasteiger partial charge in [-0.05, 0) is 30.4 Å². The first-order chi connectivity index (χ1) is 8.46. The van der Waals surface area contributed by atoms with Gasteiger partial charge in [0, 0.05) is 17.1 Å². The Morgan fingerprint density at radius 2 is 1.89 bits per heavy atom. The molecule has 2 rings (SSSR count). The molecule has 1 aliphatic rings. The molecule has 18 heavy (non-hydrogen) atoms. The van der Waals surface area contributed by atoms with Gasteiger partial charge in [-0.15, -0.1) is 0 Å². The van der Waals surface area contributed by atoms with Gasteiger partial charge >= 0.3 is 6.18 Å².